The highest BCUT2D eigenvalue weighted by Crippen LogP contribution is 2.28. The van der Waals surface area contributed by atoms with Gasteiger partial charge in [-0.05, 0) is 6.08 Å². The van der Waals surface area contributed by atoms with Crippen LogP contribution >= 0.6 is 0 Å². The molecule has 2 aliphatic heterocycles. The standard InChI is InChI=1S/C17H22N2O10/c1-7(20)26-6-12(27-8(2)21)14(28-9(3)22)15-13-10(18-17(24)19-13)5-11(29-15)16(23)25-4/h5,10,12-15H,6H2,1-4H3,(H2,18,19,24)/t10-,12+,13+,14+,15+/m0/s1. The molecular weight excluding hydrogens is 392 g/mol. The van der Waals surface area contributed by atoms with E-state index < -0.39 is 66.9 Å². The van der Waals surface area contributed by atoms with Gasteiger partial charge in [0.1, 0.15) is 6.61 Å². The van der Waals surface area contributed by atoms with Crippen LogP contribution in [0.25, 0.3) is 0 Å². The van der Waals surface area contributed by atoms with Crippen molar-refractivity contribution in [1.82, 2.24) is 10.6 Å². The van der Waals surface area contributed by atoms with Gasteiger partial charge in [-0.1, -0.05) is 0 Å². The Balaban J connectivity index is 2.41. The number of methoxy groups -OCH3 is 1. The van der Waals surface area contributed by atoms with E-state index in [2.05, 4.69) is 15.4 Å². The molecular formula is C17H22N2O10. The minimum absolute atomic E-state index is 0.228. The molecule has 0 spiro atoms. The highest BCUT2D eigenvalue weighted by Gasteiger charge is 2.50. The molecule has 2 N–H and O–H groups in total. The number of nitrogens with one attached hydrogen (secondary N) is 2. The fourth-order valence-electron chi connectivity index (χ4n) is 3.02. The minimum Gasteiger partial charge on any atom is -0.477 e. The molecule has 1 saturated heterocycles. The van der Waals surface area contributed by atoms with Gasteiger partial charge in [-0.15, -0.1) is 0 Å². The molecule has 2 aliphatic rings. The molecule has 12 heteroatoms. The van der Waals surface area contributed by atoms with Gasteiger partial charge in [-0.2, -0.15) is 0 Å². The van der Waals surface area contributed by atoms with E-state index in [1.54, 1.807) is 0 Å². The largest absolute Gasteiger partial charge is 0.477 e. The summed E-state index contributed by atoms with van der Waals surface area (Å²) in [6.07, 6.45) is -2.40. The van der Waals surface area contributed by atoms with Gasteiger partial charge in [-0.3, -0.25) is 14.4 Å². The molecule has 0 bridgehead atoms. The van der Waals surface area contributed by atoms with Crippen LogP contribution in [-0.4, -0.2) is 74.0 Å². The summed E-state index contributed by atoms with van der Waals surface area (Å²) >= 11 is 0. The number of esters is 4. The fraction of sp³-hybridized carbons (Fsp3) is 0.588. The first-order chi connectivity index (χ1) is 13.6. The number of urea groups is 1. The molecule has 2 heterocycles. The second kappa shape index (κ2) is 9.26. The predicted octanol–water partition coefficient (Wildman–Crippen LogP) is -1.08. The van der Waals surface area contributed by atoms with Gasteiger partial charge in [0.25, 0.3) is 0 Å². The van der Waals surface area contributed by atoms with Gasteiger partial charge in [-0.25, -0.2) is 9.59 Å². The van der Waals surface area contributed by atoms with Crippen molar-refractivity contribution in [2.24, 2.45) is 0 Å². The number of carbonyl (C=O) groups is 5. The summed E-state index contributed by atoms with van der Waals surface area (Å²) in [5.74, 6) is -3.18. The smallest absolute Gasteiger partial charge is 0.373 e. The van der Waals surface area contributed by atoms with Gasteiger partial charge in [0.15, 0.2) is 18.3 Å². The van der Waals surface area contributed by atoms with Crippen molar-refractivity contribution in [3.8, 4) is 0 Å². The third-order valence-electron chi connectivity index (χ3n) is 4.08. The number of ether oxygens (including phenoxy) is 5. The third kappa shape index (κ3) is 5.59. The first-order valence-corrected chi connectivity index (χ1v) is 8.64. The molecule has 5 atom stereocenters. The summed E-state index contributed by atoms with van der Waals surface area (Å²) in [5, 5.41) is 5.18. The Morgan fingerprint density at radius 2 is 1.72 bits per heavy atom. The van der Waals surface area contributed by atoms with E-state index in [4.69, 9.17) is 18.9 Å². The Bertz CT molecular complexity index is 734. The first kappa shape index (κ1) is 22.0. The number of fused-ring (bicyclic) bond motifs is 1. The van der Waals surface area contributed by atoms with E-state index in [0.717, 1.165) is 27.9 Å². The van der Waals surface area contributed by atoms with Gasteiger partial charge >= 0.3 is 29.9 Å². The Morgan fingerprint density at radius 3 is 2.28 bits per heavy atom. The van der Waals surface area contributed by atoms with Crippen LogP contribution in [-0.2, 0) is 42.9 Å². The van der Waals surface area contributed by atoms with E-state index in [1.807, 2.05) is 0 Å². The second-order valence-corrected chi connectivity index (χ2v) is 6.30. The molecule has 0 aromatic heterocycles. The number of hydrogen-bond acceptors (Lipinski definition) is 10. The summed E-state index contributed by atoms with van der Waals surface area (Å²) in [6, 6.07) is -2.02. The lowest BCUT2D eigenvalue weighted by Gasteiger charge is -2.38. The SMILES string of the molecule is COC(=O)C1=C[C@@H]2NC(=O)N[C@H]2[C@H]([C@H](OC(C)=O)[C@@H](COC(C)=O)OC(C)=O)O1. The molecule has 160 valence electrons. The summed E-state index contributed by atoms with van der Waals surface area (Å²) in [4.78, 5) is 58.3. The molecule has 2 rings (SSSR count). The van der Waals surface area contributed by atoms with Gasteiger partial charge in [0, 0.05) is 20.8 Å². The molecule has 0 saturated carbocycles. The van der Waals surface area contributed by atoms with Crippen molar-refractivity contribution < 1.29 is 47.7 Å². The fourth-order valence-corrected chi connectivity index (χ4v) is 3.02. The normalized spacial score (nSPS) is 24.3. The van der Waals surface area contributed by atoms with E-state index in [1.165, 1.54) is 6.08 Å². The quantitative estimate of drug-likeness (QED) is 0.388. The van der Waals surface area contributed by atoms with E-state index in [0.29, 0.717) is 0 Å². The van der Waals surface area contributed by atoms with Crippen LogP contribution in [0.15, 0.2) is 11.8 Å². The topological polar surface area (TPSA) is 156 Å². The minimum atomic E-state index is -1.32. The van der Waals surface area contributed by atoms with Crippen molar-refractivity contribution in [2.75, 3.05) is 13.7 Å². The van der Waals surface area contributed by atoms with Crippen LogP contribution in [0.1, 0.15) is 20.8 Å². The molecule has 2 amide bonds. The van der Waals surface area contributed by atoms with Gasteiger partial charge < -0.3 is 34.3 Å². The van der Waals surface area contributed by atoms with Crippen molar-refractivity contribution in [2.45, 2.75) is 51.2 Å². The van der Waals surface area contributed by atoms with Crippen molar-refractivity contribution >= 4 is 29.9 Å². The molecule has 29 heavy (non-hydrogen) atoms. The third-order valence-corrected chi connectivity index (χ3v) is 4.08. The summed E-state index contributed by atoms with van der Waals surface area (Å²) in [5.41, 5.74) is 0. The highest BCUT2D eigenvalue weighted by atomic mass is 16.6. The van der Waals surface area contributed by atoms with Crippen LogP contribution < -0.4 is 10.6 Å². The van der Waals surface area contributed by atoms with Crippen molar-refractivity contribution in [1.29, 1.82) is 0 Å². The van der Waals surface area contributed by atoms with Gasteiger partial charge in [0.2, 0.25) is 5.76 Å². The van der Waals surface area contributed by atoms with E-state index >= 15 is 0 Å². The lowest BCUT2D eigenvalue weighted by Crippen LogP contribution is -2.58. The zero-order valence-corrected chi connectivity index (χ0v) is 16.3. The predicted molar refractivity (Wildman–Crippen MR) is 92.0 cm³/mol. The lowest BCUT2D eigenvalue weighted by molar-refractivity contribution is -0.187. The van der Waals surface area contributed by atoms with Crippen LogP contribution in [0.4, 0.5) is 4.79 Å². The second-order valence-electron chi connectivity index (χ2n) is 6.30. The number of rotatable bonds is 7. The molecule has 0 radical (unpaired) electrons. The van der Waals surface area contributed by atoms with Gasteiger partial charge in [0.05, 0.1) is 19.2 Å². The molecule has 1 fully saturated rings. The summed E-state index contributed by atoms with van der Waals surface area (Å²) < 4.78 is 25.7. The lowest BCUT2D eigenvalue weighted by atomic mass is 9.93. The maximum atomic E-state index is 12.0. The average Bonchev–Trinajstić information content (AvgIpc) is 3.01. The van der Waals surface area contributed by atoms with Crippen LogP contribution in [0, 0.1) is 0 Å². The van der Waals surface area contributed by atoms with E-state index in [9.17, 15) is 24.0 Å². The molecule has 0 unspecified atom stereocenters. The van der Waals surface area contributed by atoms with E-state index in [-0.39, 0.29) is 5.76 Å². The zero-order chi connectivity index (χ0) is 21.7. The maximum Gasteiger partial charge on any atom is 0.373 e. The zero-order valence-electron chi connectivity index (χ0n) is 16.3. The number of hydrogen-bond donors (Lipinski definition) is 2. The number of amides is 2. The van der Waals surface area contributed by atoms with Crippen LogP contribution in [0.3, 0.4) is 0 Å². The molecule has 0 aromatic rings. The summed E-state index contributed by atoms with van der Waals surface area (Å²) in [6.45, 7) is 2.95. The van der Waals surface area contributed by atoms with Crippen LogP contribution in [0.2, 0.25) is 0 Å². The monoisotopic (exact) mass is 414 g/mol. The number of carbonyl (C=O) groups excluding carboxylic acids is 5. The van der Waals surface area contributed by atoms with Crippen molar-refractivity contribution in [3.05, 3.63) is 11.8 Å². The Morgan fingerprint density at radius 1 is 1.07 bits per heavy atom. The average molecular weight is 414 g/mol. The maximum absolute atomic E-state index is 12.0. The highest BCUT2D eigenvalue weighted by molar-refractivity contribution is 5.87. The van der Waals surface area contributed by atoms with Crippen LogP contribution in [0.5, 0.6) is 0 Å². The van der Waals surface area contributed by atoms with Crippen molar-refractivity contribution in [3.63, 3.8) is 0 Å². The Labute approximate surface area is 165 Å². The summed E-state index contributed by atoms with van der Waals surface area (Å²) in [7, 11) is 1.14. The molecule has 12 nitrogen and oxygen atoms in total. The Kier molecular flexibility index (Phi) is 7.02. The Hall–Kier alpha value is -3.31. The first-order valence-electron chi connectivity index (χ1n) is 8.64. The molecule has 0 aromatic carbocycles. The molecule has 0 aliphatic carbocycles.